The lowest BCUT2D eigenvalue weighted by Gasteiger charge is -2.56. The van der Waals surface area contributed by atoms with Gasteiger partial charge in [-0.05, 0) is 174 Å². The number of piperidine rings is 4. The smallest absolute Gasteiger partial charge is 0.409 e. The number of imidazole rings is 1. The Morgan fingerprint density at radius 2 is 1.66 bits per heavy atom. The van der Waals surface area contributed by atoms with E-state index in [1.165, 1.54) is 46.7 Å². The number of benzene rings is 3. The van der Waals surface area contributed by atoms with Crippen LogP contribution < -0.4 is 20.6 Å². The molecule has 3 amide bonds. The Labute approximate surface area is 455 Å². The molecule has 1 spiro atoms. The van der Waals surface area contributed by atoms with E-state index in [4.69, 9.17) is 14.5 Å². The number of anilines is 1. The van der Waals surface area contributed by atoms with E-state index in [1.807, 2.05) is 15.9 Å². The molecular weight excluding hydrogens is 1010 g/mol. The molecule has 20 heteroatoms. The van der Waals surface area contributed by atoms with E-state index in [2.05, 4.69) is 37.2 Å². The fourth-order valence-electron chi connectivity index (χ4n) is 14.9. The maximum Gasteiger partial charge on any atom is 0.409 e. The second-order valence-corrected chi connectivity index (χ2v) is 24.3. The second-order valence-electron chi connectivity index (χ2n) is 24.3. The summed E-state index contributed by atoms with van der Waals surface area (Å²) in [5, 5.41) is 25.4. The summed E-state index contributed by atoms with van der Waals surface area (Å²) >= 11 is 0. The number of aliphatic hydroxyl groups is 1. The number of aryl methyl sites for hydroxylation is 1. The van der Waals surface area contributed by atoms with Gasteiger partial charge in [-0.25, -0.2) is 18.4 Å². The van der Waals surface area contributed by atoms with Crippen LogP contribution in [0.1, 0.15) is 114 Å². The zero-order valence-electron chi connectivity index (χ0n) is 44.9. The largest absolute Gasteiger partial charge is 0.508 e. The standard InChI is InChI=1S/C59H68F2N10O8/c1-57(77)14-3-19-69(33-57)52-44-31-62-50(43-28-41(72)25-37-5-7-38(60)27-42(37)43)49(61)51(44)64-54(65-52)79-34-59-15-4-20-70(59)39(11-16-59)32-78-56(76)68-23-17-58(18-24-68)29-40(30-58)67-21-12-35(13-22-67)36-6-8-45-47(26-36)66(2)55(75)71(45)46-9-10-48(73)63-53(46)74/h5-8,25-28,31,35,39-40,46,72,77H,3-4,9-24,29-30,32-34H2,1-2H3,(H,63,73,74)/t39-,46?,57+,59-/m0/s1. The van der Waals surface area contributed by atoms with Crippen molar-refractivity contribution in [1.82, 2.24) is 44.1 Å². The Hall–Kier alpha value is -6.77. The molecule has 3 N–H and O–H groups in total. The van der Waals surface area contributed by atoms with Crippen LogP contribution in [0.15, 0.2) is 59.5 Å². The van der Waals surface area contributed by atoms with Gasteiger partial charge in [-0.1, -0.05) is 12.1 Å². The number of phenols is 1. The zero-order valence-corrected chi connectivity index (χ0v) is 44.9. The fraction of sp³-hybridized carbons (Fsp3) is 0.542. The van der Waals surface area contributed by atoms with Crippen molar-refractivity contribution in [2.45, 2.75) is 132 Å². The molecule has 416 valence electrons. The van der Waals surface area contributed by atoms with Gasteiger partial charge in [-0.2, -0.15) is 9.97 Å². The van der Waals surface area contributed by atoms with Crippen LogP contribution in [-0.4, -0.2) is 149 Å². The van der Waals surface area contributed by atoms with Crippen LogP contribution in [0.2, 0.25) is 0 Å². The number of hydrogen-bond acceptors (Lipinski definition) is 14. The van der Waals surface area contributed by atoms with E-state index in [1.54, 1.807) is 18.5 Å². The van der Waals surface area contributed by atoms with Gasteiger partial charge in [-0.15, -0.1) is 0 Å². The molecule has 0 radical (unpaired) electrons. The molecule has 1 saturated carbocycles. The minimum atomic E-state index is -0.998. The number of nitrogens with one attached hydrogen (secondary N) is 1. The van der Waals surface area contributed by atoms with Crippen LogP contribution in [-0.2, 0) is 21.4 Å². The third-order valence-electron chi connectivity index (χ3n) is 19.2. The zero-order chi connectivity index (χ0) is 54.5. The number of phenolic OH excluding ortho intramolecular Hbond substituents is 1. The molecule has 7 fully saturated rings. The van der Waals surface area contributed by atoms with Crippen molar-refractivity contribution in [2.75, 3.05) is 63.9 Å². The summed E-state index contributed by atoms with van der Waals surface area (Å²) in [5.74, 6) is -1.37. The minimum Gasteiger partial charge on any atom is -0.508 e. The molecule has 4 atom stereocenters. The third-order valence-corrected chi connectivity index (χ3v) is 19.2. The van der Waals surface area contributed by atoms with Crippen molar-refractivity contribution >= 4 is 56.4 Å². The predicted molar refractivity (Wildman–Crippen MR) is 291 cm³/mol. The van der Waals surface area contributed by atoms with E-state index in [0.29, 0.717) is 78.3 Å². The van der Waals surface area contributed by atoms with Crippen LogP contribution in [0.25, 0.3) is 44.0 Å². The van der Waals surface area contributed by atoms with Crippen molar-refractivity contribution in [3.63, 3.8) is 0 Å². The van der Waals surface area contributed by atoms with Crippen LogP contribution in [0.5, 0.6) is 11.8 Å². The Bertz CT molecular complexity index is 3490. The van der Waals surface area contributed by atoms with Crippen LogP contribution in [0.3, 0.4) is 0 Å². The Morgan fingerprint density at radius 1 is 0.861 bits per heavy atom. The first-order valence-corrected chi connectivity index (χ1v) is 28.4. The summed E-state index contributed by atoms with van der Waals surface area (Å²) in [7, 11) is 1.74. The molecule has 1 unspecified atom stereocenters. The molecule has 79 heavy (non-hydrogen) atoms. The molecular formula is C59H68F2N10O8. The van der Waals surface area contributed by atoms with Gasteiger partial charge in [0.15, 0.2) is 5.82 Å². The number of hydrogen-bond donors (Lipinski definition) is 3. The normalized spacial score (nSPS) is 26.1. The maximum absolute atomic E-state index is 17.1. The lowest BCUT2D eigenvalue weighted by Crippen LogP contribution is -2.56. The summed E-state index contributed by atoms with van der Waals surface area (Å²) in [5.41, 5.74) is 1.43. The van der Waals surface area contributed by atoms with E-state index in [0.717, 1.165) is 89.4 Å². The number of β-amino-alcohol motifs (C(OH)–C–C–N with tert-alkyl or cyclic N) is 1. The Kier molecular flexibility index (Phi) is 12.9. The molecule has 18 nitrogen and oxygen atoms in total. The minimum absolute atomic E-state index is 0.0136. The molecule has 13 rings (SSSR count). The Balaban J connectivity index is 0.616. The van der Waals surface area contributed by atoms with Crippen molar-refractivity contribution in [2.24, 2.45) is 12.5 Å². The monoisotopic (exact) mass is 1080 g/mol. The van der Waals surface area contributed by atoms with Crippen molar-refractivity contribution in [3.8, 4) is 23.0 Å². The van der Waals surface area contributed by atoms with Crippen LogP contribution in [0.4, 0.5) is 19.4 Å². The maximum atomic E-state index is 17.1. The molecule has 3 aromatic carbocycles. The summed E-state index contributed by atoms with van der Waals surface area (Å²) < 4.78 is 47.4. The number of carbonyl (C=O) groups is 3. The average Bonchev–Trinajstić information content (AvgIpc) is 4.18. The molecule has 3 aromatic heterocycles. The van der Waals surface area contributed by atoms with Gasteiger partial charge in [-0.3, -0.25) is 33.9 Å². The molecule has 1 aliphatic carbocycles. The van der Waals surface area contributed by atoms with Gasteiger partial charge in [0.25, 0.3) is 0 Å². The summed E-state index contributed by atoms with van der Waals surface area (Å²) in [6.45, 7) is 7.34. The molecule has 6 aliphatic heterocycles. The SMILES string of the molecule is Cn1c(=O)n(C2CCC(=O)NC2=O)c2ccc(C3CCN(C4CC5(CCN(C(=O)OC[C@@H]6CC[C@]7(COc8nc(N9CCC[C@@](C)(O)C9)c9cnc(-c%10cc(O)cc%11ccc(F)cc%10%11)c(F)c9n8)CCCN67)CC5)C4)CC3)cc21. The highest BCUT2D eigenvalue weighted by Gasteiger charge is 2.52. The first-order valence-electron chi connectivity index (χ1n) is 28.4. The number of pyridine rings is 1. The quantitative estimate of drug-likeness (QED) is 0.114. The average molecular weight is 1080 g/mol. The van der Waals surface area contributed by atoms with Gasteiger partial charge in [0.2, 0.25) is 11.8 Å². The summed E-state index contributed by atoms with van der Waals surface area (Å²) in [6.07, 6.45) is 12.8. The topological polar surface area (TPSA) is 201 Å². The van der Waals surface area contributed by atoms with E-state index >= 15 is 4.39 Å². The molecule has 6 aromatic rings. The summed E-state index contributed by atoms with van der Waals surface area (Å²) in [4.78, 5) is 74.4. The predicted octanol–water partition coefficient (Wildman–Crippen LogP) is 7.45. The highest BCUT2D eigenvalue weighted by molar-refractivity contribution is 6.01. The first-order chi connectivity index (χ1) is 38.0. The van der Waals surface area contributed by atoms with E-state index in [-0.39, 0.29) is 89.4 Å². The summed E-state index contributed by atoms with van der Waals surface area (Å²) in [6, 6.07) is 13.0. The molecule has 0 bridgehead atoms. The van der Waals surface area contributed by atoms with Crippen LogP contribution in [0, 0.1) is 17.0 Å². The van der Waals surface area contributed by atoms with Gasteiger partial charge >= 0.3 is 17.8 Å². The number of ether oxygens (including phenoxy) is 2. The van der Waals surface area contributed by atoms with Crippen LogP contribution >= 0.6 is 0 Å². The number of aromatic hydroxyl groups is 1. The van der Waals surface area contributed by atoms with Gasteiger partial charge < -0.3 is 34.4 Å². The van der Waals surface area contributed by atoms with E-state index in [9.17, 15) is 33.8 Å². The molecule has 6 saturated heterocycles. The number of amides is 3. The number of imide groups is 1. The fourth-order valence-corrected chi connectivity index (χ4v) is 14.9. The number of likely N-dealkylation sites (tertiary alicyclic amines) is 2. The third kappa shape index (κ3) is 9.34. The highest BCUT2D eigenvalue weighted by Crippen LogP contribution is 2.52. The Morgan fingerprint density at radius 3 is 2.44 bits per heavy atom. The number of aromatic nitrogens is 5. The van der Waals surface area contributed by atoms with E-state index < -0.39 is 29.2 Å². The highest BCUT2D eigenvalue weighted by atomic mass is 19.1. The number of rotatable bonds is 10. The number of halogens is 2. The number of carbonyl (C=O) groups excluding carboxylic acids is 3. The lowest BCUT2D eigenvalue weighted by molar-refractivity contribution is -0.135. The van der Waals surface area contributed by atoms with Gasteiger partial charge in [0.1, 0.15) is 47.9 Å². The van der Waals surface area contributed by atoms with Crippen molar-refractivity contribution in [1.29, 1.82) is 0 Å². The van der Waals surface area contributed by atoms with Crippen molar-refractivity contribution < 1.29 is 42.9 Å². The van der Waals surface area contributed by atoms with Crippen molar-refractivity contribution in [3.05, 3.63) is 82.4 Å². The number of nitrogens with zero attached hydrogens (tertiary/aromatic N) is 9. The molecule has 9 heterocycles. The van der Waals surface area contributed by atoms with Gasteiger partial charge in [0, 0.05) is 63.5 Å². The van der Waals surface area contributed by atoms with Gasteiger partial charge in [0.05, 0.1) is 27.6 Å². The lowest BCUT2D eigenvalue weighted by atomic mass is 9.59. The number of fused-ring (bicyclic) bond motifs is 4. The second kappa shape index (κ2) is 19.8. The molecule has 7 aliphatic rings. The first kappa shape index (κ1) is 51.7.